The molecule has 1 amide bonds. The van der Waals surface area contributed by atoms with Crippen LogP contribution in [0.25, 0.3) is 28.0 Å². The van der Waals surface area contributed by atoms with Gasteiger partial charge in [-0.25, -0.2) is 14.0 Å². The number of aromatic nitrogens is 3. The van der Waals surface area contributed by atoms with Crippen LogP contribution in [-0.4, -0.2) is 57.3 Å². The number of piperidine rings is 1. The second-order valence-electron chi connectivity index (χ2n) is 12.0. The Bertz CT molecular complexity index is 1700. The fraction of sp³-hybridized carbons (Fsp3) is 0.424. The van der Waals surface area contributed by atoms with Gasteiger partial charge >= 0.3 is 11.8 Å². The number of aromatic amines is 1. The summed E-state index contributed by atoms with van der Waals surface area (Å²) in [5, 5.41) is 4.48. The average molecular weight is 621 g/mol. The molecule has 2 aliphatic heterocycles. The Labute approximate surface area is 260 Å². The van der Waals surface area contributed by atoms with E-state index in [0.717, 1.165) is 56.1 Å². The van der Waals surface area contributed by atoms with Crippen molar-refractivity contribution < 1.29 is 13.9 Å². The molecule has 2 aromatic carbocycles. The summed E-state index contributed by atoms with van der Waals surface area (Å²) in [6, 6.07) is 13.8. The van der Waals surface area contributed by atoms with Gasteiger partial charge in [0.1, 0.15) is 12.3 Å². The summed E-state index contributed by atoms with van der Waals surface area (Å²) in [5.41, 5.74) is 9.45. The lowest BCUT2D eigenvalue weighted by molar-refractivity contribution is 0.156. The number of fused-ring (bicyclic) bond motifs is 1. The van der Waals surface area contributed by atoms with Gasteiger partial charge in [0.05, 0.1) is 22.9 Å². The number of aryl methyl sites for hydroxylation is 1. The maximum atomic E-state index is 15.1. The van der Waals surface area contributed by atoms with Crippen molar-refractivity contribution in [3.63, 3.8) is 0 Å². The Kier molecular flexibility index (Phi) is 9.02. The number of ether oxygens (including phenoxy) is 1. The van der Waals surface area contributed by atoms with Crippen LogP contribution >= 0.6 is 11.6 Å². The van der Waals surface area contributed by atoms with E-state index in [1.54, 1.807) is 29.3 Å². The van der Waals surface area contributed by atoms with Crippen molar-refractivity contribution in [2.75, 3.05) is 19.7 Å². The Morgan fingerprint density at radius 3 is 2.75 bits per heavy atom. The number of hydrogen-bond acceptors (Lipinski definition) is 6. The van der Waals surface area contributed by atoms with E-state index in [4.69, 9.17) is 22.1 Å². The summed E-state index contributed by atoms with van der Waals surface area (Å²) >= 11 is 6.26. The lowest BCUT2D eigenvalue weighted by Gasteiger charge is -2.32. The minimum atomic E-state index is -0.517. The van der Waals surface area contributed by atoms with E-state index >= 15 is 4.39 Å². The van der Waals surface area contributed by atoms with Gasteiger partial charge in [0.2, 0.25) is 0 Å². The molecule has 0 spiro atoms. The summed E-state index contributed by atoms with van der Waals surface area (Å²) < 4.78 is 21.7. The van der Waals surface area contributed by atoms with E-state index in [1.165, 1.54) is 4.57 Å². The lowest BCUT2D eigenvalue weighted by atomic mass is 9.92. The molecular formula is C33H38ClFN6O3. The zero-order valence-electron chi connectivity index (χ0n) is 24.8. The summed E-state index contributed by atoms with van der Waals surface area (Å²) in [5.74, 6) is -0.517. The number of halogens is 2. The lowest BCUT2D eigenvalue weighted by Crippen LogP contribution is -2.39. The number of carbonyl (C=O) groups excluding carboxylic acids is 1. The van der Waals surface area contributed by atoms with Gasteiger partial charge in [-0.15, -0.1) is 0 Å². The van der Waals surface area contributed by atoms with Gasteiger partial charge in [0.25, 0.3) is 0 Å². The monoisotopic (exact) mass is 620 g/mol. The van der Waals surface area contributed by atoms with Gasteiger partial charge in [-0.2, -0.15) is 4.98 Å². The van der Waals surface area contributed by atoms with Crippen LogP contribution in [0, 0.1) is 5.82 Å². The number of hydrogen-bond donors (Lipinski definition) is 3. The number of nitrogens with zero attached hydrogens (tertiary/aromatic N) is 3. The standard InChI is InChI=1S/C33H38ClFN6O3/c1-20(36)4-2-5-21-16-26(30(35)27(34)17-21)29-18-23-19-41(32(42)39-31(23)38-29)25-10-8-22(9-11-25)28-7-3-6-24(37-28)12-13-40-14-15-44-33(40)43/h8-11,16-20,24,28,37H,2-7,12-15,36H2,1H3,(H,38,39,42)/t20-,24-,28-/m0/s1. The van der Waals surface area contributed by atoms with Gasteiger partial charge < -0.3 is 25.7 Å². The Morgan fingerprint density at radius 2 is 2.00 bits per heavy atom. The summed E-state index contributed by atoms with van der Waals surface area (Å²) in [7, 11) is 0. The van der Waals surface area contributed by atoms with E-state index in [2.05, 4.69) is 15.3 Å². The number of cyclic esters (lactones) is 1. The highest BCUT2D eigenvalue weighted by Gasteiger charge is 2.26. The van der Waals surface area contributed by atoms with Crippen molar-refractivity contribution >= 4 is 28.7 Å². The van der Waals surface area contributed by atoms with E-state index in [9.17, 15) is 9.59 Å². The fourth-order valence-corrected chi connectivity index (χ4v) is 6.50. The molecule has 0 bridgehead atoms. The molecule has 0 radical (unpaired) electrons. The number of nitrogens with one attached hydrogen (secondary N) is 2. The van der Waals surface area contributed by atoms with Crippen molar-refractivity contribution in [3.05, 3.63) is 81.1 Å². The fourth-order valence-electron chi connectivity index (χ4n) is 6.26. The van der Waals surface area contributed by atoms with Crippen molar-refractivity contribution in [3.8, 4) is 16.9 Å². The first-order valence-electron chi connectivity index (χ1n) is 15.4. The summed E-state index contributed by atoms with van der Waals surface area (Å²) in [6.07, 6.45) is 8.07. The zero-order valence-corrected chi connectivity index (χ0v) is 25.6. The zero-order chi connectivity index (χ0) is 30.8. The van der Waals surface area contributed by atoms with Gasteiger partial charge in [0, 0.05) is 41.8 Å². The number of benzene rings is 2. The molecule has 6 rings (SSSR count). The molecule has 0 saturated carbocycles. The highest BCUT2D eigenvalue weighted by molar-refractivity contribution is 6.31. The first-order valence-corrected chi connectivity index (χ1v) is 15.8. The molecule has 0 unspecified atom stereocenters. The van der Waals surface area contributed by atoms with Crippen LogP contribution in [0.3, 0.4) is 0 Å². The largest absolute Gasteiger partial charge is 0.448 e. The van der Waals surface area contributed by atoms with E-state index < -0.39 is 11.5 Å². The van der Waals surface area contributed by atoms with Crippen molar-refractivity contribution in [1.82, 2.24) is 24.8 Å². The van der Waals surface area contributed by atoms with E-state index in [1.807, 2.05) is 31.2 Å². The smallest absolute Gasteiger partial charge is 0.409 e. The topological polar surface area (TPSA) is 118 Å². The number of rotatable bonds is 10. The molecule has 3 atom stereocenters. The second-order valence-corrected chi connectivity index (χ2v) is 12.4. The maximum Gasteiger partial charge on any atom is 0.409 e. The summed E-state index contributed by atoms with van der Waals surface area (Å²) in [4.78, 5) is 33.9. The van der Waals surface area contributed by atoms with Crippen molar-refractivity contribution in [2.45, 2.75) is 70.0 Å². The molecule has 11 heteroatoms. The number of nitrogens with two attached hydrogens (primary N) is 1. The Hall–Kier alpha value is -3.73. The maximum absolute atomic E-state index is 15.1. The highest BCUT2D eigenvalue weighted by Crippen LogP contribution is 2.32. The van der Waals surface area contributed by atoms with Gasteiger partial charge in [-0.05, 0) is 86.9 Å². The normalized spacial score (nSPS) is 19.5. The number of H-pyrrole nitrogens is 1. The number of amides is 1. The van der Waals surface area contributed by atoms with Crippen molar-refractivity contribution in [1.29, 1.82) is 0 Å². The molecule has 2 aliphatic rings. The Balaban J connectivity index is 1.18. The molecule has 2 aromatic heterocycles. The molecular weight excluding hydrogens is 583 g/mol. The van der Waals surface area contributed by atoms with E-state index in [0.29, 0.717) is 53.7 Å². The molecule has 4 N–H and O–H groups in total. The Morgan fingerprint density at radius 1 is 1.18 bits per heavy atom. The molecule has 4 aromatic rings. The minimum absolute atomic E-state index is 0.0552. The third-order valence-corrected chi connectivity index (χ3v) is 8.93. The van der Waals surface area contributed by atoms with E-state index in [-0.39, 0.29) is 23.2 Å². The predicted octanol–water partition coefficient (Wildman–Crippen LogP) is 5.87. The second kappa shape index (κ2) is 13.1. The molecule has 0 aliphatic carbocycles. The van der Waals surface area contributed by atoms with Crippen LogP contribution in [0.15, 0.2) is 53.5 Å². The van der Waals surface area contributed by atoms with Gasteiger partial charge in [-0.1, -0.05) is 30.2 Å². The molecule has 2 saturated heterocycles. The quantitative estimate of drug-likeness (QED) is 0.204. The van der Waals surface area contributed by atoms with Crippen LogP contribution in [0.4, 0.5) is 9.18 Å². The average Bonchev–Trinajstić information content (AvgIpc) is 3.62. The highest BCUT2D eigenvalue weighted by atomic mass is 35.5. The van der Waals surface area contributed by atoms with Crippen LogP contribution < -0.4 is 16.7 Å². The number of carbonyl (C=O) groups is 1. The predicted molar refractivity (Wildman–Crippen MR) is 170 cm³/mol. The molecule has 44 heavy (non-hydrogen) atoms. The third kappa shape index (κ3) is 6.67. The molecule has 4 heterocycles. The minimum Gasteiger partial charge on any atom is -0.448 e. The van der Waals surface area contributed by atoms with Crippen molar-refractivity contribution in [2.24, 2.45) is 5.73 Å². The van der Waals surface area contributed by atoms with Crippen LogP contribution in [0.5, 0.6) is 0 Å². The molecule has 2 fully saturated rings. The van der Waals surface area contributed by atoms with Gasteiger partial charge in [-0.3, -0.25) is 4.57 Å². The SMILES string of the molecule is C[C@H](N)CCCc1cc(Cl)c(F)c(-c2cc3cn(-c4ccc([C@@H]5CCC[C@@H](CCN6CCOC6=O)N5)cc4)c(=O)nc3[nH]2)c1. The summed E-state index contributed by atoms with van der Waals surface area (Å²) in [6.45, 7) is 3.79. The van der Waals surface area contributed by atoms with Crippen LogP contribution in [0.1, 0.15) is 62.6 Å². The molecule has 232 valence electrons. The first-order chi connectivity index (χ1) is 21.2. The first kappa shape index (κ1) is 30.3. The van der Waals surface area contributed by atoms with Crippen LogP contribution in [-0.2, 0) is 11.2 Å². The van der Waals surface area contributed by atoms with Crippen LogP contribution in [0.2, 0.25) is 5.02 Å². The molecule has 9 nitrogen and oxygen atoms in total. The van der Waals surface area contributed by atoms with Gasteiger partial charge in [0.15, 0.2) is 5.82 Å². The third-order valence-electron chi connectivity index (χ3n) is 8.66.